The van der Waals surface area contributed by atoms with E-state index >= 15 is 0 Å². The number of hydrogen-bond donors (Lipinski definition) is 1. The van der Waals surface area contributed by atoms with Crippen LogP contribution in [0.2, 0.25) is 0 Å². The molecule has 0 amide bonds. The average Bonchev–Trinajstić information content (AvgIpc) is 2.24. The van der Waals surface area contributed by atoms with Gasteiger partial charge in [-0.3, -0.25) is 4.79 Å². The number of alkyl halides is 3. The van der Waals surface area contributed by atoms with E-state index in [4.69, 9.17) is 9.84 Å². The summed E-state index contributed by atoms with van der Waals surface area (Å²) in [6.07, 6.45) is -3.42. The fourth-order valence-corrected chi connectivity index (χ4v) is 1.88. The first-order valence-electron chi connectivity index (χ1n) is 5.40. The third kappa shape index (κ3) is 4.16. The maximum Gasteiger partial charge on any atom is 0.403 e. The lowest BCUT2D eigenvalue weighted by Crippen LogP contribution is -2.45. The number of halogens is 3. The van der Waals surface area contributed by atoms with Gasteiger partial charge in [-0.2, -0.15) is 13.2 Å². The second kappa shape index (κ2) is 5.68. The predicted octanol–water partition coefficient (Wildman–Crippen LogP) is 1.36. The summed E-state index contributed by atoms with van der Waals surface area (Å²) in [6.45, 7) is 0.515. The molecule has 0 aromatic carbocycles. The molecule has 1 fully saturated rings. The fourth-order valence-electron chi connectivity index (χ4n) is 1.88. The molecule has 1 saturated heterocycles. The highest BCUT2D eigenvalue weighted by Crippen LogP contribution is 2.28. The van der Waals surface area contributed by atoms with E-state index in [0.29, 0.717) is 26.1 Å². The Balaban J connectivity index is 2.57. The highest BCUT2D eigenvalue weighted by atomic mass is 19.4. The van der Waals surface area contributed by atoms with Crippen LogP contribution in [-0.4, -0.2) is 55.0 Å². The zero-order valence-electron chi connectivity index (χ0n) is 9.54. The molecule has 0 aliphatic carbocycles. The van der Waals surface area contributed by atoms with Crippen LogP contribution in [0.15, 0.2) is 0 Å². The van der Waals surface area contributed by atoms with Crippen LogP contribution in [0.4, 0.5) is 13.2 Å². The van der Waals surface area contributed by atoms with Crippen molar-refractivity contribution in [1.29, 1.82) is 0 Å². The maximum atomic E-state index is 12.5. The summed E-state index contributed by atoms with van der Waals surface area (Å²) in [5, 5.41) is 8.58. The summed E-state index contributed by atoms with van der Waals surface area (Å²) in [7, 11) is 1.53. The monoisotopic (exact) mass is 255 g/mol. The second-order valence-electron chi connectivity index (χ2n) is 4.22. The van der Waals surface area contributed by atoms with Crippen LogP contribution >= 0.6 is 0 Å². The van der Waals surface area contributed by atoms with Crippen molar-refractivity contribution in [2.75, 3.05) is 26.8 Å². The van der Waals surface area contributed by atoms with Crippen LogP contribution in [0.3, 0.4) is 0 Å². The molecule has 0 spiro atoms. The maximum absolute atomic E-state index is 12.5. The number of carboxylic acid groups (broad SMARTS) is 1. The minimum Gasteiger partial charge on any atom is -0.481 e. The van der Waals surface area contributed by atoms with Crippen LogP contribution in [0.25, 0.3) is 0 Å². The molecule has 1 rings (SSSR count). The van der Waals surface area contributed by atoms with Gasteiger partial charge in [0.1, 0.15) is 0 Å². The van der Waals surface area contributed by atoms with Crippen molar-refractivity contribution in [3.63, 3.8) is 0 Å². The number of hydrogen-bond acceptors (Lipinski definition) is 3. The van der Waals surface area contributed by atoms with E-state index in [0.717, 1.165) is 0 Å². The van der Waals surface area contributed by atoms with Crippen LogP contribution < -0.4 is 0 Å². The van der Waals surface area contributed by atoms with E-state index in [1.54, 1.807) is 0 Å². The van der Waals surface area contributed by atoms with E-state index in [1.165, 1.54) is 11.9 Å². The minimum absolute atomic E-state index is 0.0343. The molecule has 0 bridgehead atoms. The molecule has 0 saturated carbocycles. The van der Waals surface area contributed by atoms with Gasteiger partial charge in [-0.15, -0.1) is 0 Å². The molecule has 17 heavy (non-hydrogen) atoms. The van der Waals surface area contributed by atoms with Crippen molar-refractivity contribution in [3.8, 4) is 0 Å². The molecular formula is C10H16F3NO3. The lowest BCUT2D eigenvalue weighted by Gasteiger charge is -2.33. The highest BCUT2D eigenvalue weighted by Gasteiger charge is 2.46. The minimum atomic E-state index is -4.70. The van der Waals surface area contributed by atoms with Gasteiger partial charge in [0.05, 0.1) is 0 Å². The molecule has 7 heteroatoms. The summed E-state index contributed by atoms with van der Waals surface area (Å²) in [5.74, 6) is -4.15. The van der Waals surface area contributed by atoms with Crippen molar-refractivity contribution >= 4 is 5.97 Å². The molecule has 1 atom stereocenters. The SMILES string of the molecule is CN(CC(C(=O)O)C(F)(F)F)C1CCOCC1. The molecule has 1 aliphatic heterocycles. The van der Waals surface area contributed by atoms with Crippen LogP contribution in [-0.2, 0) is 9.53 Å². The van der Waals surface area contributed by atoms with Gasteiger partial charge in [-0.25, -0.2) is 0 Å². The summed E-state index contributed by atoms with van der Waals surface area (Å²) in [6, 6.07) is -0.0343. The first kappa shape index (κ1) is 14.2. The quantitative estimate of drug-likeness (QED) is 0.824. The van der Waals surface area contributed by atoms with Gasteiger partial charge >= 0.3 is 12.1 Å². The Bertz CT molecular complexity index is 264. The number of rotatable bonds is 4. The smallest absolute Gasteiger partial charge is 0.403 e. The van der Waals surface area contributed by atoms with Crippen molar-refractivity contribution < 1.29 is 27.8 Å². The topological polar surface area (TPSA) is 49.8 Å². The zero-order valence-corrected chi connectivity index (χ0v) is 9.54. The lowest BCUT2D eigenvalue weighted by molar-refractivity contribution is -0.197. The molecule has 100 valence electrons. The number of ether oxygens (including phenoxy) is 1. The van der Waals surface area contributed by atoms with Crippen LogP contribution in [0.1, 0.15) is 12.8 Å². The molecule has 4 nitrogen and oxygen atoms in total. The normalized spacial score (nSPS) is 20.5. The molecule has 0 aromatic heterocycles. The van der Waals surface area contributed by atoms with Crippen molar-refractivity contribution in [2.24, 2.45) is 5.92 Å². The zero-order chi connectivity index (χ0) is 13.1. The van der Waals surface area contributed by atoms with Gasteiger partial charge < -0.3 is 14.7 Å². The molecule has 0 aromatic rings. The Morgan fingerprint density at radius 3 is 2.41 bits per heavy atom. The largest absolute Gasteiger partial charge is 0.481 e. The van der Waals surface area contributed by atoms with Crippen molar-refractivity contribution in [3.05, 3.63) is 0 Å². The van der Waals surface area contributed by atoms with E-state index in [-0.39, 0.29) is 6.04 Å². The van der Waals surface area contributed by atoms with Gasteiger partial charge in [0.15, 0.2) is 5.92 Å². The number of carbonyl (C=O) groups is 1. The van der Waals surface area contributed by atoms with Gasteiger partial charge in [0, 0.05) is 25.8 Å². The third-order valence-electron chi connectivity index (χ3n) is 2.98. The van der Waals surface area contributed by atoms with Crippen LogP contribution in [0.5, 0.6) is 0 Å². The van der Waals surface area contributed by atoms with Gasteiger partial charge in [0.2, 0.25) is 0 Å². The Morgan fingerprint density at radius 2 is 2.00 bits per heavy atom. The Morgan fingerprint density at radius 1 is 1.47 bits per heavy atom. The Hall–Kier alpha value is -0.820. The standard InChI is InChI=1S/C10H16F3NO3/c1-14(7-2-4-17-5-3-7)6-8(9(15)16)10(11,12)13/h7-8H,2-6H2,1H3,(H,15,16). The first-order valence-corrected chi connectivity index (χ1v) is 5.40. The summed E-state index contributed by atoms with van der Waals surface area (Å²) in [5.41, 5.74) is 0. The van der Waals surface area contributed by atoms with E-state index in [1.807, 2.05) is 0 Å². The summed E-state index contributed by atoms with van der Waals surface area (Å²) in [4.78, 5) is 12.1. The lowest BCUT2D eigenvalue weighted by atomic mass is 10.0. The number of nitrogens with zero attached hydrogens (tertiary/aromatic N) is 1. The molecule has 0 radical (unpaired) electrons. The Kier molecular flexibility index (Phi) is 4.76. The molecule has 1 aliphatic rings. The number of aliphatic carboxylic acids is 1. The van der Waals surface area contributed by atoms with E-state index < -0.39 is 24.6 Å². The third-order valence-corrected chi connectivity index (χ3v) is 2.98. The van der Waals surface area contributed by atoms with Gasteiger partial charge in [-0.05, 0) is 19.9 Å². The predicted molar refractivity (Wildman–Crippen MR) is 53.7 cm³/mol. The first-order chi connectivity index (χ1) is 7.82. The average molecular weight is 255 g/mol. The molecule has 1 N–H and O–H groups in total. The Labute approximate surface area is 97.3 Å². The van der Waals surface area contributed by atoms with E-state index in [9.17, 15) is 18.0 Å². The summed E-state index contributed by atoms with van der Waals surface area (Å²) < 4.78 is 42.5. The molecular weight excluding hydrogens is 239 g/mol. The van der Waals surface area contributed by atoms with Crippen LogP contribution in [0, 0.1) is 5.92 Å². The van der Waals surface area contributed by atoms with Crippen molar-refractivity contribution in [1.82, 2.24) is 4.90 Å². The second-order valence-corrected chi connectivity index (χ2v) is 4.22. The highest BCUT2D eigenvalue weighted by molar-refractivity contribution is 5.71. The van der Waals surface area contributed by atoms with Gasteiger partial charge in [0.25, 0.3) is 0 Å². The fraction of sp³-hybridized carbons (Fsp3) is 0.900. The van der Waals surface area contributed by atoms with Gasteiger partial charge in [-0.1, -0.05) is 0 Å². The van der Waals surface area contributed by atoms with E-state index in [2.05, 4.69) is 0 Å². The van der Waals surface area contributed by atoms with Crippen molar-refractivity contribution in [2.45, 2.75) is 25.1 Å². The molecule has 1 heterocycles. The molecule has 1 unspecified atom stereocenters. The number of carboxylic acids is 1. The summed E-state index contributed by atoms with van der Waals surface area (Å²) >= 11 is 0.